The predicted octanol–water partition coefficient (Wildman–Crippen LogP) is 1.28. The van der Waals surface area contributed by atoms with E-state index in [0.29, 0.717) is 13.2 Å². The Balaban J connectivity index is 4.05. The first-order valence-electron chi connectivity index (χ1n) is 4.52. The van der Waals surface area contributed by atoms with Gasteiger partial charge in [-0.25, -0.2) is 0 Å². The van der Waals surface area contributed by atoms with E-state index in [1.807, 2.05) is 13.8 Å². The van der Waals surface area contributed by atoms with Crippen molar-refractivity contribution in [2.45, 2.75) is 13.8 Å². The molecule has 0 rings (SSSR count). The zero-order chi connectivity index (χ0) is 10.3. The molecule has 77 valence electrons. The van der Waals surface area contributed by atoms with E-state index in [-0.39, 0.29) is 17.8 Å². The highest BCUT2D eigenvalue weighted by molar-refractivity contribution is 5.55. The number of hydrogen-bond acceptors (Lipinski definition) is 3. The molecule has 0 aromatic heterocycles. The number of methoxy groups -OCH3 is 2. The summed E-state index contributed by atoms with van der Waals surface area (Å²) in [5.41, 5.74) is 0. The molecule has 2 atom stereocenters. The molecule has 0 saturated heterocycles. The Morgan fingerprint density at radius 3 is 1.69 bits per heavy atom. The lowest BCUT2D eigenvalue weighted by Gasteiger charge is -2.22. The topological polar surface area (TPSA) is 35.5 Å². The summed E-state index contributed by atoms with van der Waals surface area (Å²) in [6.07, 6.45) is 2.06. The predicted molar refractivity (Wildman–Crippen MR) is 51.3 cm³/mol. The van der Waals surface area contributed by atoms with E-state index in [4.69, 9.17) is 9.47 Å². The summed E-state index contributed by atoms with van der Waals surface area (Å²) in [6, 6.07) is 0. The van der Waals surface area contributed by atoms with Crippen molar-refractivity contribution < 1.29 is 14.3 Å². The van der Waals surface area contributed by atoms with Crippen molar-refractivity contribution in [2.24, 2.45) is 17.8 Å². The van der Waals surface area contributed by atoms with Crippen LogP contribution in [0.2, 0.25) is 0 Å². The first kappa shape index (κ1) is 12.6. The van der Waals surface area contributed by atoms with Gasteiger partial charge >= 0.3 is 0 Å². The van der Waals surface area contributed by atoms with Crippen molar-refractivity contribution in [1.29, 1.82) is 0 Å². The summed E-state index contributed by atoms with van der Waals surface area (Å²) in [4.78, 5) is 10.7. The van der Waals surface area contributed by atoms with Crippen molar-refractivity contribution >= 4 is 6.29 Å². The highest BCUT2D eigenvalue weighted by atomic mass is 16.5. The van der Waals surface area contributed by atoms with E-state index in [0.717, 1.165) is 0 Å². The van der Waals surface area contributed by atoms with Crippen LogP contribution >= 0.6 is 0 Å². The molecule has 13 heavy (non-hydrogen) atoms. The smallest absolute Gasteiger partial charge is 0.202 e. The molecular formula is C10H19O3. The van der Waals surface area contributed by atoms with Crippen LogP contribution in [-0.2, 0) is 14.3 Å². The molecule has 0 aliphatic heterocycles. The van der Waals surface area contributed by atoms with Gasteiger partial charge in [0.1, 0.15) is 0 Å². The quantitative estimate of drug-likeness (QED) is 0.602. The number of rotatable bonds is 7. The van der Waals surface area contributed by atoms with Gasteiger partial charge in [0.15, 0.2) is 0 Å². The largest absolute Gasteiger partial charge is 0.384 e. The van der Waals surface area contributed by atoms with Gasteiger partial charge in [-0.3, -0.25) is 4.79 Å². The second-order valence-electron chi connectivity index (χ2n) is 3.51. The van der Waals surface area contributed by atoms with Gasteiger partial charge in [-0.05, 0) is 11.8 Å². The van der Waals surface area contributed by atoms with Crippen LogP contribution in [0.4, 0.5) is 0 Å². The minimum Gasteiger partial charge on any atom is -0.384 e. The first-order chi connectivity index (χ1) is 6.17. The summed E-state index contributed by atoms with van der Waals surface area (Å²) >= 11 is 0. The lowest BCUT2D eigenvalue weighted by molar-refractivity contribution is 0.0948. The summed E-state index contributed by atoms with van der Waals surface area (Å²) in [5.74, 6) is 0.306. The van der Waals surface area contributed by atoms with Gasteiger partial charge in [0.05, 0.1) is 0 Å². The monoisotopic (exact) mass is 187 g/mol. The molecule has 2 unspecified atom stereocenters. The van der Waals surface area contributed by atoms with Crippen molar-refractivity contribution in [2.75, 3.05) is 27.4 Å². The minimum absolute atomic E-state index is 0.0973. The number of ether oxygens (including phenoxy) is 2. The third-order valence-corrected chi connectivity index (χ3v) is 2.22. The second-order valence-corrected chi connectivity index (χ2v) is 3.51. The van der Waals surface area contributed by atoms with Crippen LogP contribution < -0.4 is 0 Å². The van der Waals surface area contributed by atoms with Crippen LogP contribution in [0.15, 0.2) is 0 Å². The van der Waals surface area contributed by atoms with Crippen molar-refractivity contribution in [3.63, 3.8) is 0 Å². The SMILES string of the molecule is COCC(C)C([C]=O)C(C)COC. The zero-order valence-corrected chi connectivity index (χ0v) is 8.87. The lowest BCUT2D eigenvalue weighted by Crippen LogP contribution is -2.27. The average Bonchev–Trinajstić information content (AvgIpc) is 2.06. The fraction of sp³-hybridized carbons (Fsp3) is 0.900. The van der Waals surface area contributed by atoms with Gasteiger partial charge in [-0.1, -0.05) is 13.8 Å². The Bertz CT molecular complexity index is 124. The highest BCUT2D eigenvalue weighted by Gasteiger charge is 2.23. The van der Waals surface area contributed by atoms with Gasteiger partial charge in [-0.2, -0.15) is 0 Å². The van der Waals surface area contributed by atoms with E-state index in [1.165, 1.54) is 0 Å². The molecular weight excluding hydrogens is 168 g/mol. The van der Waals surface area contributed by atoms with E-state index >= 15 is 0 Å². The molecule has 0 bridgehead atoms. The van der Waals surface area contributed by atoms with Crippen molar-refractivity contribution in [3.05, 3.63) is 0 Å². The van der Waals surface area contributed by atoms with Gasteiger partial charge in [0.25, 0.3) is 0 Å². The van der Waals surface area contributed by atoms with Crippen molar-refractivity contribution in [1.82, 2.24) is 0 Å². The Morgan fingerprint density at radius 1 is 1.08 bits per heavy atom. The van der Waals surface area contributed by atoms with Gasteiger partial charge in [0.2, 0.25) is 6.29 Å². The Morgan fingerprint density at radius 2 is 1.46 bits per heavy atom. The Hall–Kier alpha value is -0.410. The molecule has 0 aromatic rings. The van der Waals surface area contributed by atoms with E-state index < -0.39 is 0 Å². The zero-order valence-electron chi connectivity index (χ0n) is 8.87. The third kappa shape index (κ3) is 4.39. The van der Waals surface area contributed by atoms with Crippen LogP contribution in [0.3, 0.4) is 0 Å². The minimum atomic E-state index is -0.0973. The molecule has 0 spiro atoms. The third-order valence-electron chi connectivity index (χ3n) is 2.22. The standard InChI is InChI=1S/C10H19O3/c1-8(6-12-3)10(5-11)9(2)7-13-4/h8-10H,6-7H2,1-4H3. The number of carbonyl (C=O) groups excluding carboxylic acids is 1. The van der Waals surface area contributed by atoms with Gasteiger partial charge in [0, 0.05) is 33.4 Å². The van der Waals surface area contributed by atoms with Crippen LogP contribution in [0.5, 0.6) is 0 Å². The first-order valence-corrected chi connectivity index (χ1v) is 4.52. The lowest BCUT2D eigenvalue weighted by atomic mass is 9.85. The Kier molecular flexibility index (Phi) is 6.82. The van der Waals surface area contributed by atoms with Gasteiger partial charge < -0.3 is 9.47 Å². The summed E-state index contributed by atoms with van der Waals surface area (Å²) in [6.45, 7) is 5.17. The molecule has 0 aromatic carbocycles. The van der Waals surface area contributed by atoms with Crippen molar-refractivity contribution in [3.8, 4) is 0 Å². The van der Waals surface area contributed by atoms with Crippen LogP contribution in [0.25, 0.3) is 0 Å². The molecule has 3 nitrogen and oxygen atoms in total. The Labute approximate surface area is 80.4 Å². The molecule has 0 N–H and O–H groups in total. The molecule has 0 aliphatic carbocycles. The van der Waals surface area contributed by atoms with E-state index in [2.05, 4.69) is 6.29 Å². The molecule has 3 heteroatoms. The van der Waals surface area contributed by atoms with Crippen LogP contribution in [-0.4, -0.2) is 33.7 Å². The van der Waals surface area contributed by atoms with Crippen LogP contribution in [0.1, 0.15) is 13.8 Å². The molecule has 1 radical (unpaired) electrons. The normalized spacial score (nSPS) is 17.8. The molecule has 0 saturated carbocycles. The van der Waals surface area contributed by atoms with Crippen LogP contribution in [0, 0.1) is 17.8 Å². The summed E-state index contributed by atoms with van der Waals surface area (Å²) in [5, 5.41) is 0. The van der Waals surface area contributed by atoms with E-state index in [1.54, 1.807) is 14.2 Å². The highest BCUT2D eigenvalue weighted by Crippen LogP contribution is 2.19. The van der Waals surface area contributed by atoms with E-state index in [9.17, 15) is 4.79 Å². The molecule has 0 amide bonds. The molecule has 0 aliphatic rings. The second kappa shape index (κ2) is 7.04. The maximum atomic E-state index is 10.7. The molecule has 0 heterocycles. The number of hydrogen-bond donors (Lipinski definition) is 0. The summed E-state index contributed by atoms with van der Waals surface area (Å²) < 4.78 is 9.99. The fourth-order valence-electron chi connectivity index (χ4n) is 1.53. The summed E-state index contributed by atoms with van der Waals surface area (Å²) in [7, 11) is 3.28. The molecule has 0 fully saturated rings. The maximum Gasteiger partial charge on any atom is 0.202 e. The maximum absolute atomic E-state index is 10.7. The average molecular weight is 187 g/mol. The fourth-order valence-corrected chi connectivity index (χ4v) is 1.53. The van der Waals surface area contributed by atoms with Gasteiger partial charge in [-0.15, -0.1) is 0 Å².